The normalized spacial score (nSPS) is 25.2. The Bertz CT molecular complexity index is 782. The van der Waals surface area contributed by atoms with Crippen molar-refractivity contribution in [3.8, 4) is 0 Å². The number of piperidine rings is 1. The van der Waals surface area contributed by atoms with E-state index in [1.807, 2.05) is 0 Å². The molecule has 138 valence electrons. The average molecular weight is 357 g/mol. The van der Waals surface area contributed by atoms with E-state index in [-0.39, 0.29) is 24.0 Å². The molecule has 1 aliphatic heterocycles. The molecule has 0 aromatic carbocycles. The SMILES string of the molecule is Cc1nnc(N2CCCC3(CC(NC(=O)c4ccc(CO)nc4)C3)C2)o1. The predicted molar refractivity (Wildman–Crippen MR) is 93.6 cm³/mol. The Morgan fingerprint density at radius 3 is 2.92 bits per heavy atom. The Hall–Kier alpha value is -2.48. The third kappa shape index (κ3) is 3.29. The Balaban J connectivity index is 1.33. The molecule has 8 nitrogen and oxygen atoms in total. The van der Waals surface area contributed by atoms with E-state index in [0.717, 1.165) is 38.8 Å². The monoisotopic (exact) mass is 357 g/mol. The highest BCUT2D eigenvalue weighted by atomic mass is 16.4. The summed E-state index contributed by atoms with van der Waals surface area (Å²) < 4.78 is 5.56. The number of nitrogens with zero attached hydrogens (tertiary/aromatic N) is 4. The third-order valence-electron chi connectivity index (χ3n) is 5.39. The minimum atomic E-state index is -0.122. The van der Waals surface area contributed by atoms with Crippen LogP contribution in [0, 0.1) is 12.3 Å². The number of amides is 1. The molecule has 1 amide bonds. The summed E-state index contributed by atoms with van der Waals surface area (Å²) in [5.74, 6) is 0.473. The lowest BCUT2D eigenvalue weighted by molar-refractivity contribution is 0.0541. The number of anilines is 1. The molecule has 1 aliphatic carbocycles. The van der Waals surface area contributed by atoms with Gasteiger partial charge in [-0.05, 0) is 43.2 Å². The van der Waals surface area contributed by atoms with Crippen LogP contribution in [0.4, 0.5) is 6.01 Å². The van der Waals surface area contributed by atoms with Crippen LogP contribution in [0.1, 0.15) is 47.6 Å². The van der Waals surface area contributed by atoms with Gasteiger partial charge in [-0.1, -0.05) is 5.10 Å². The quantitative estimate of drug-likeness (QED) is 0.853. The topological polar surface area (TPSA) is 104 Å². The second kappa shape index (κ2) is 6.68. The number of aryl methyl sites for hydroxylation is 1. The van der Waals surface area contributed by atoms with Crippen molar-refractivity contribution in [3.63, 3.8) is 0 Å². The molecule has 2 aromatic rings. The summed E-state index contributed by atoms with van der Waals surface area (Å²) in [6.07, 6.45) is 5.69. The minimum Gasteiger partial charge on any atom is -0.408 e. The Labute approximate surface area is 151 Å². The van der Waals surface area contributed by atoms with E-state index in [1.54, 1.807) is 19.1 Å². The van der Waals surface area contributed by atoms with Gasteiger partial charge in [-0.25, -0.2) is 0 Å². The van der Waals surface area contributed by atoms with Crippen LogP contribution in [-0.4, -0.2) is 45.3 Å². The van der Waals surface area contributed by atoms with E-state index < -0.39 is 0 Å². The minimum absolute atomic E-state index is 0.109. The van der Waals surface area contributed by atoms with Crippen LogP contribution < -0.4 is 10.2 Å². The number of hydrogen-bond acceptors (Lipinski definition) is 7. The number of carbonyl (C=O) groups is 1. The van der Waals surface area contributed by atoms with E-state index in [2.05, 4.69) is 25.4 Å². The summed E-state index contributed by atoms with van der Waals surface area (Å²) in [5.41, 5.74) is 1.30. The fourth-order valence-corrected chi connectivity index (χ4v) is 4.13. The summed E-state index contributed by atoms with van der Waals surface area (Å²) in [6, 6.07) is 4.15. The maximum Gasteiger partial charge on any atom is 0.318 e. The van der Waals surface area contributed by atoms with Gasteiger partial charge in [0.2, 0.25) is 5.89 Å². The van der Waals surface area contributed by atoms with Crippen LogP contribution in [-0.2, 0) is 6.61 Å². The highest BCUT2D eigenvalue weighted by Crippen LogP contribution is 2.48. The van der Waals surface area contributed by atoms with Gasteiger partial charge < -0.3 is 19.7 Å². The first-order valence-electron chi connectivity index (χ1n) is 8.99. The summed E-state index contributed by atoms with van der Waals surface area (Å²) in [6.45, 7) is 3.51. The number of nitrogens with one attached hydrogen (secondary N) is 1. The molecule has 8 heteroatoms. The molecule has 0 atom stereocenters. The number of carbonyl (C=O) groups excluding carboxylic acids is 1. The van der Waals surface area contributed by atoms with Crippen LogP contribution >= 0.6 is 0 Å². The van der Waals surface area contributed by atoms with Gasteiger partial charge >= 0.3 is 6.01 Å². The molecule has 0 radical (unpaired) electrons. The molecule has 4 rings (SSSR count). The molecule has 3 heterocycles. The molecule has 1 saturated carbocycles. The van der Waals surface area contributed by atoms with E-state index in [1.165, 1.54) is 6.20 Å². The Morgan fingerprint density at radius 1 is 1.42 bits per heavy atom. The standard InChI is InChI=1S/C18H23N5O3/c1-12-21-22-17(26-12)23-6-2-5-18(11-23)7-15(8-18)20-16(25)13-3-4-14(10-24)19-9-13/h3-4,9,15,24H,2,5-8,10-11H2,1H3,(H,20,25). The van der Waals surface area contributed by atoms with Gasteiger partial charge in [-0.15, -0.1) is 5.10 Å². The van der Waals surface area contributed by atoms with Crippen LogP contribution in [0.2, 0.25) is 0 Å². The fourth-order valence-electron chi connectivity index (χ4n) is 4.13. The molecule has 0 bridgehead atoms. The van der Waals surface area contributed by atoms with E-state index in [0.29, 0.717) is 23.2 Å². The van der Waals surface area contributed by atoms with Gasteiger partial charge in [0.1, 0.15) is 0 Å². The predicted octanol–water partition coefficient (Wildman–Crippen LogP) is 1.44. The second-order valence-corrected chi connectivity index (χ2v) is 7.40. The first-order valence-corrected chi connectivity index (χ1v) is 8.99. The number of hydrogen-bond donors (Lipinski definition) is 2. The van der Waals surface area contributed by atoms with Crippen molar-refractivity contribution in [1.29, 1.82) is 0 Å². The van der Waals surface area contributed by atoms with Gasteiger partial charge in [-0.3, -0.25) is 9.78 Å². The lowest BCUT2D eigenvalue weighted by Crippen LogP contribution is -2.57. The van der Waals surface area contributed by atoms with Crippen LogP contribution in [0.3, 0.4) is 0 Å². The number of aromatic nitrogens is 3. The Morgan fingerprint density at radius 2 is 2.27 bits per heavy atom. The molecule has 0 unspecified atom stereocenters. The van der Waals surface area contributed by atoms with Crippen molar-refractivity contribution in [2.45, 2.75) is 45.3 Å². The van der Waals surface area contributed by atoms with Crippen molar-refractivity contribution < 1.29 is 14.3 Å². The van der Waals surface area contributed by atoms with Crippen LogP contribution in [0.5, 0.6) is 0 Å². The molecule has 2 aliphatic rings. The molecule has 26 heavy (non-hydrogen) atoms. The Kier molecular flexibility index (Phi) is 4.36. The van der Waals surface area contributed by atoms with Gasteiger partial charge in [0.05, 0.1) is 17.9 Å². The van der Waals surface area contributed by atoms with Crippen LogP contribution in [0.25, 0.3) is 0 Å². The lowest BCUT2D eigenvalue weighted by Gasteiger charge is -2.52. The molecule has 1 spiro atoms. The van der Waals surface area contributed by atoms with E-state index in [9.17, 15) is 4.79 Å². The molecule has 2 aromatic heterocycles. The first kappa shape index (κ1) is 17.0. The van der Waals surface area contributed by atoms with Crippen molar-refractivity contribution in [2.75, 3.05) is 18.0 Å². The summed E-state index contributed by atoms with van der Waals surface area (Å²) in [7, 11) is 0. The molecule has 1 saturated heterocycles. The number of aliphatic hydroxyl groups is 1. The fraction of sp³-hybridized carbons (Fsp3) is 0.556. The van der Waals surface area contributed by atoms with Crippen molar-refractivity contribution in [2.24, 2.45) is 5.41 Å². The third-order valence-corrected chi connectivity index (χ3v) is 5.39. The zero-order valence-corrected chi connectivity index (χ0v) is 14.8. The number of rotatable bonds is 4. The van der Waals surface area contributed by atoms with Gasteiger partial charge in [-0.2, -0.15) is 0 Å². The van der Waals surface area contributed by atoms with E-state index >= 15 is 0 Å². The smallest absolute Gasteiger partial charge is 0.318 e. The maximum absolute atomic E-state index is 12.3. The van der Waals surface area contributed by atoms with Gasteiger partial charge in [0.15, 0.2) is 0 Å². The second-order valence-electron chi connectivity index (χ2n) is 7.40. The van der Waals surface area contributed by atoms with Crippen molar-refractivity contribution in [1.82, 2.24) is 20.5 Å². The summed E-state index contributed by atoms with van der Waals surface area (Å²) in [4.78, 5) is 18.6. The summed E-state index contributed by atoms with van der Waals surface area (Å²) >= 11 is 0. The molecule has 2 fully saturated rings. The molecule has 2 N–H and O–H groups in total. The van der Waals surface area contributed by atoms with Crippen LogP contribution in [0.15, 0.2) is 22.7 Å². The van der Waals surface area contributed by atoms with Crippen molar-refractivity contribution >= 4 is 11.9 Å². The number of aliphatic hydroxyl groups excluding tert-OH is 1. The zero-order chi connectivity index (χ0) is 18.1. The number of pyridine rings is 1. The van der Waals surface area contributed by atoms with Crippen molar-refractivity contribution in [3.05, 3.63) is 35.5 Å². The highest BCUT2D eigenvalue weighted by molar-refractivity contribution is 5.94. The first-order chi connectivity index (χ1) is 12.6. The molecular formula is C18H23N5O3. The van der Waals surface area contributed by atoms with Gasteiger partial charge in [0, 0.05) is 32.3 Å². The van der Waals surface area contributed by atoms with Gasteiger partial charge in [0.25, 0.3) is 5.91 Å². The van der Waals surface area contributed by atoms with E-state index in [4.69, 9.17) is 9.52 Å². The molecular weight excluding hydrogens is 334 g/mol. The summed E-state index contributed by atoms with van der Waals surface area (Å²) in [5, 5.41) is 20.2. The zero-order valence-electron chi connectivity index (χ0n) is 14.8. The lowest BCUT2D eigenvalue weighted by atomic mass is 9.61. The largest absolute Gasteiger partial charge is 0.408 e. The maximum atomic E-state index is 12.3. The average Bonchev–Trinajstić information content (AvgIpc) is 3.07. The highest BCUT2D eigenvalue weighted by Gasteiger charge is 2.47.